The van der Waals surface area contributed by atoms with Gasteiger partial charge in [-0.1, -0.05) is 54.6 Å². The molecule has 0 N–H and O–H groups in total. The summed E-state index contributed by atoms with van der Waals surface area (Å²) in [7, 11) is 0. The van der Waals surface area contributed by atoms with E-state index in [9.17, 15) is 0 Å². The van der Waals surface area contributed by atoms with Gasteiger partial charge in [0.25, 0.3) is 0 Å². The van der Waals surface area contributed by atoms with Crippen LogP contribution in [0, 0.1) is 5.92 Å². The van der Waals surface area contributed by atoms with Crippen LogP contribution in [-0.2, 0) is 6.54 Å². The van der Waals surface area contributed by atoms with E-state index < -0.39 is 0 Å². The third kappa shape index (κ3) is 1.93. The molecular weight excluding hydrogens is 206 g/mol. The van der Waals surface area contributed by atoms with Crippen LogP contribution >= 0.6 is 0 Å². The molecule has 2 aliphatic rings. The van der Waals surface area contributed by atoms with Crippen molar-refractivity contribution in [3.63, 3.8) is 0 Å². The normalized spacial score (nSPS) is 25.9. The maximum absolute atomic E-state index is 2.44. The van der Waals surface area contributed by atoms with Crippen LogP contribution in [0.4, 0.5) is 0 Å². The van der Waals surface area contributed by atoms with Gasteiger partial charge >= 0.3 is 0 Å². The maximum atomic E-state index is 2.44. The van der Waals surface area contributed by atoms with E-state index in [1.807, 2.05) is 0 Å². The largest absolute Gasteiger partial charge is 0.366 e. The molecule has 2 atom stereocenters. The van der Waals surface area contributed by atoms with Crippen molar-refractivity contribution in [1.82, 2.24) is 4.90 Å². The lowest BCUT2D eigenvalue weighted by Gasteiger charge is -2.27. The van der Waals surface area contributed by atoms with Crippen LogP contribution in [-0.4, -0.2) is 10.9 Å². The van der Waals surface area contributed by atoms with Crippen molar-refractivity contribution in [2.75, 3.05) is 0 Å². The Labute approximate surface area is 103 Å². The Balaban J connectivity index is 1.81. The number of allylic oxidation sites excluding steroid dienone is 2. The van der Waals surface area contributed by atoms with Crippen molar-refractivity contribution in [2.45, 2.75) is 19.5 Å². The minimum atomic E-state index is 0.514. The van der Waals surface area contributed by atoms with E-state index in [4.69, 9.17) is 0 Å². The van der Waals surface area contributed by atoms with Crippen molar-refractivity contribution in [3.8, 4) is 0 Å². The van der Waals surface area contributed by atoms with Gasteiger partial charge in [-0.05, 0) is 24.3 Å². The van der Waals surface area contributed by atoms with E-state index in [-0.39, 0.29) is 0 Å². The van der Waals surface area contributed by atoms with E-state index in [1.165, 1.54) is 11.1 Å². The summed E-state index contributed by atoms with van der Waals surface area (Å²) in [6, 6.07) is 11.2. The highest BCUT2D eigenvalue weighted by Crippen LogP contribution is 2.33. The Morgan fingerprint density at radius 1 is 1.06 bits per heavy atom. The standard InChI is InChI=1S/C16H17N/c1-13-11-17(12-14-7-3-2-4-8-14)16-10-6-5-9-15(13)16/h2-11,15-16H,12H2,1H3. The van der Waals surface area contributed by atoms with Gasteiger partial charge in [-0.3, -0.25) is 0 Å². The fourth-order valence-electron chi connectivity index (χ4n) is 2.71. The number of hydrogen-bond acceptors (Lipinski definition) is 1. The molecule has 86 valence electrons. The molecule has 2 unspecified atom stereocenters. The van der Waals surface area contributed by atoms with E-state index >= 15 is 0 Å². The second-order valence-corrected chi connectivity index (χ2v) is 4.82. The lowest BCUT2D eigenvalue weighted by atomic mass is 9.92. The summed E-state index contributed by atoms with van der Waals surface area (Å²) >= 11 is 0. The molecule has 1 aromatic carbocycles. The molecule has 1 aliphatic carbocycles. The molecule has 1 nitrogen and oxygen atoms in total. The number of nitrogens with zero attached hydrogens (tertiary/aromatic N) is 1. The molecule has 1 heteroatoms. The van der Waals surface area contributed by atoms with Gasteiger partial charge in [0.2, 0.25) is 0 Å². The summed E-state index contributed by atoms with van der Waals surface area (Å²) in [4.78, 5) is 2.44. The predicted molar refractivity (Wildman–Crippen MR) is 71.3 cm³/mol. The first kappa shape index (κ1) is 10.4. The lowest BCUT2D eigenvalue weighted by molar-refractivity contribution is 0.310. The van der Waals surface area contributed by atoms with Gasteiger partial charge in [0.05, 0.1) is 6.04 Å². The zero-order chi connectivity index (χ0) is 11.7. The molecule has 0 aromatic heterocycles. The first-order valence-corrected chi connectivity index (χ1v) is 6.17. The summed E-state index contributed by atoms with van der Waals surface area (Å²) in [6.45, 7) is 3.23. The molecule has 0 radical (unpaired) electrons. The Kier molecular flexibility index (Phi) is 2.60. The molecule has 0 fully saturated rings. The van der Waals surface area contributed by atoms with Gasteiger partial charge in [-0.25, -0.2) is 0 Å². The molecule has 3 rings (SSSR count). The third-order valence-corrected chi connectivity index (χ3v) is 3.59. The Bertz CT molecular complexity index is 482. The van der Waals surface area contributed by atoms with Gasteiger partial charge in [-0.2, -0.15) is 0 Å². The minimum absolute atomic E-state index is 0.514. The minimum Gasteiger partial charge on any atom is -0.366 e. The molecule has 0 saturated heterocycles. The topological polar surface area (TPSA) is 3.24 Å². The number of benzene rings is 1. The summed E-state index contributed by atoms with van der Waals surface area (Å²) in [6.07, 6.45) is 11.2. The average Bonchev–Trinajstić information content (AvgIpc) is 2.69. The van der Waals surface area contributed by atoms with E-state index in [1.54, 1.807) is 0 Å². The molecule has 0 saturated carbocycles. The molecule has 17 heavy (non-hydrogen) atoms. The third-order valence-electron chi connectivity index (χ3n) is 3.59. The van der Waals surface area contributed by atoms with Crippen molar-refractivity contribution >= 4 is 0 Å². The van der Waals surface area contributed by atoms with Crippen molar-refractivity contribution in [3.05, 3.63) is 72.0 Å². The predicted octanol–water partition coefficient (Wildman–Crippen LogP) is 3.52. The fraction of sp³-hybridized carbons (Fsp3) is 0.250. The second kappa shape index (κ2) is 4.25. The molecule has 0 amide bonds. The van der Waals surface area contributed by atoms with E-state index in [0.29, 0.717) is 12.0 Å². The highest BCUT2D eigenvalue weighted by molar-refractivity contribution is 5.31. The average molecular weight is 223 g/mol. The van der Waals surface area contributed by atoms with Crippen LogP contribution in [0.3, 0.4) is 0 Å². The highest BCUT2D eigenvalue weighted by Gasteiger charge is 2.30. The van der Waals surface area contributed by atoms with Gasteiger partial charge in [0, 0.05) is 12.5 Å². The van der Waals surface area contributed by atoms with Gasteiger partial charge in [-0.15, -0.1) is 0 Å². The quantitative estimate of drug-likeness (QED) is 0.741. The molecule has 1 heterocycles. The lowest BCUT2D eigenvalue weighted by Crippen LogP contribution is -2.30. The SMILES string of the molecule is CC1=CN(Cc2ccccc2)C2C=CC=CC12. The summed E-state index contributed by atoms with van der Waals surface area (Å²) in [5.41, 5.74) is 2.84. The van der Waals surface area contributed by atoms with Crippen molar-refractivity contribution < 1.29 is 0 Å². The molecule has 1 aliphatic heterocycles. The van der Waals surface area contributed by atoms with Crippen LogP contribution in [0.1, 0.15) is 12.5 Å². The zero-order valence-corrected chi connectivity index (χ0v) is 10.1. The first-order chi connectivity index (χ1) is 8.34. The molecular formula is C16H17N. The Hall–Kier alpha value is -1.76. The van der Waals surface area contributed by atoms with Crippen LogP contribution in [0.5, 0.6) is 0 Å². The Morgan fingerprint density at radius 2 is 1.82 bits per heavy atom. The van der Waals surface area contributed by atoms with Crippen molar-refractivity contribution in [1.29, 1.82) is 0 Å². The van der Waals surface area contributed by atoms with Crippen LogP contribution < -0.4 is 0 Å². The molecule has 1 aromatic rings. The summed E-state index contributed by atoms with van der Waals surface area (Å²) in [5, 5.41) is 0. The van der Waals surface area contributed by atoms with Gasteiger partial charge < -0.3 is 4.90 Å². The van der Waals surface area contributed by atoms with E-state index in [2.05, 4.69) is 72.7 Å². The second-order valence-electron chi connectivity index (χ2n) is 4.82. The monoisotopic (exact) mass is 223 g/mol. The molecule has 0 bridgehead atoms. The Morgan fingerprint density at radius 3 is 2.65 bits per heavy atom. The first-order valence-electron chi connectivity index (χ1n) is 6.17. The fourth-order valence-corrected chi connectivity index (χ4v) is 2.71. The van der Waals surface area contributed by atoms with Crippen LogP contribution in [0.15, 0.2) is 66.4 Å². The zero-order valence-electron chi connectivity index (χ0n) is 10.1. The summed E-state index contributed by atoms with van der Waals surface area (Å²) < 4.78 is 0. The highest BCUT2D eigenvalue weighted by atomic mass is 15.2. The van der Waals surface area contributed by atoms with Crippen LogP contribution in [0.2, 0.25) is 0 Å². The number of hydrogen-bond donors (Lipinski definition) is 0. The van der Waals surface area contributed by atoms with Gasteiger partial charge in [0.1, 0.15) is 0 Å². The number of fused-ring (bicyclic) bond motifs is 1. The molecule has 0 spiro atoms. The van der Waals surface area contributed by atoms with Crippen LogP contribution in [0.25, 0.3) is 0 Å². The van der Waals surface area contributed by atoms with Gasteiger partial charge in [0.15, 0.2) is 0 Å². The van der Waals surface area contributed by atoms with E-state index in [0.717, 1.165) is 6.54 Å². The number of rotatable bonds is 2. The maximum Gasteiger partial charge on any atom is 0.0575 e. The van der Waals surface area contributed by atoms with Crippen molar-refractivity contribution in [2.24, 2.45) is 5.92 Å². The summed E-state index contributed by atoms with van der Waals surface area (Å²) in [5.74, 6) is 0.573. The smallest absolute Gasteiger partial charge is 0.0575 e.